The fraction of sp³-hybridized carbons (Fsp3) is 0.600. The smallest absolute Gasteiger partial charge is 0.162 e. The van der Waals surface area contributed by atoms with Gasteiger partial charge in [-0.15, -0.1) is 0 Å². The third-order valence-electron chi connectivity index (χ3n) is 3.99. The maximum absolute atomic E-state index is 10.2. The molecule has 2 unspecified atom stereocenters. The van der Waals surface area contributed by atoms with Crippen LogP contribution >= 0.6 is 11.6 Å². The highest BCUT2D eigenvalue weighted by Crippen LogP contribution is 2.35. The summed E-state index contributed by atoms with van der Waals surface area (Å²) < 4.78 is 5.15. The lowest BCUT2D eigenvalue weighted by molar-refractivity contribution is 0.121. The molecule has 3 nitrogen and oxygen atoms in total. The molecule has 0 amide bonds. The standard InChI is InChI=1S/C15H22ClNO2/c1-10-4-5-17(11(2)6-10)9-12-7-13(16)8-14(19-3)15(12)18/h7-8,10-11,18H,4-6,9H2,1-3H3. The minimum absolute atomic E-state index is 0.206. The number of nitrogens with zero attached hydrogens (tertiary/aromatic N) is 1. The summed E-state index contributed by atoms with van der Waals surface area (Å²) in [6.45, 7) is 6.33. The first-order valence-corrected chi connectivity index (χ1v) is 7.18. The molecule has 2 atom stereocenters. The van der Waals surface area contributed by atoms with Crippen LogP contribution in [-0.2, 0) is 6.54 Å². The summed E-state index contributed by atoms with van der Waals surface area (Å²) in [7, 11) is 1.54. The number of piperidine rings is 1. The molecular weight excluding hydrogens is 262 g/mol. The summed E-state index contributed by atoms with van der Waals surface area (Å²) >= 11 is 6.07. The molecule has 1 saturated heterocycles. The highest BCUT2D eigenvalue weighted by Gasteiger charge is 2.24. The molecule has 0 spiro atoms. The molecule has 106 valence electrons. The number of likely N-dealkylation sites (tertiary alicyclic amines) is 1. The number of halogens is 1. The fourth-order valence-corrected chi connectivity index (χ4v) is 3.04. The number of phenolic OH excluding ortho intramolecular Hbond substituents is 1. The number of aromatic hydroxyl groups is 1. The largest absolute Gasteiger partial charge is 0.504 e. The van der Waals surface area contributed by atoms with Crippen LogP contribution in [0.3, 0.4) is 0 Å². The minimum Gasteiger partial charge on any atom is -0.504 e. The van der Waals surface area contributed by atoms with E-state index in [4.69, 9.17) is 16.3 Å². The van der Waals surface area contributed by atoms with E-state index in [0.29, 0.717) is 16.8 Å². The van der Waals surface area contributed by atoms with Crippen molar-refractivity contribution < 1.29 is 9.84 Å². The molecule has 4 heteroatoms. The number of hydrogen-bond acceptors (Lipinski definition) is 3. The Morgan fingerprint density at radius 3 is 2.79 bits per heavy atom. The Hall–Kier alpha value is -0.930. The van der Waals surface area contributed by atoms with Crippen LogP contribution in [0.15, 0.2) is 12.1 Å². The van der Waals surface area contributed by atoms with E-state index in [1.54, 1.807) is 13.2 Å². The Bertz CT molecular complexity index is 450. The van der Waals surface area contributed by atoms with Gasteiger partial charge < -0.3 is 9.84 Å². The quantitative estimate of drug-likeness (QED) is 0.919. The summed E-state index contributed by atoms with van der Waals surface area (Å²) in [4.78, 5) is 2.39. The van der Waals surface area contributed by atoms with Crippen LogP contribution in [0.2, 0.25) is 5.02 Å². The second-order valence-corrected chi connectivity index (χ2v) is 6.00. The average Bonchev–Trinajstić information content (AvgIpc) is 2.36. The fourth-order valence-electron chi connectivity index (χ4n) is 2.81. The zero-order chi connectivity index (χ0) is 14.0. The molecule has 1 aliphatic heterocycles. The van der Waals surface area contributed by atoms with Crippen molar-refractivity contribution in [2.75, 3.05) is 13.7 Å². The van der Waals surface area contributed by atoms with Crippen LogP contribution in [0.5, 0.6) is 11.5 Å². The molecular formula is C15H22ClNO2. The predicted molar refractivity (Wildman–Crippen MR) is 77.9 cm³/mol. The molecule has 1 aliphatic rings. The number of rotatable bonds is 3. The van der Waals surface area contributed by atoms with E-state index in [-0.39, 0.29) is 5.75 Å². The maximum atomic E-state index is 10.2. The van der Waals surface area contributed by atoms with Crippen LogP contribution in [-0.4, -0.2) is 29.7 Å². The Morgan fingerprint density at radius 2 is 2.16 bits per heavy atom. The zero-order valence-electron chi connectivity index (χ0n) is 11.8. The molecule has 1 fully saturated rings. The number of benzene rings is 1. The molecule has 0 radical (unpaired) electrons. The molecule has 1 aromatic carbocycles. The monoisotopic (exact) mass is 283 g/mol. The maximum Gasteiger partial charge on any atom is 0.162 e. The van der Waals surface area contributed by atoms with Crippen molar-refractivity contribution >= 4 is 11.6 Å². The van der Waals surface area contributed by atoms with E-state index in [9.17, 15) is 5.11 Å². The van der Waals surface area contributed by atoms with Crippen LogP contribution in [0, 0.1) is 5.92 Å². The van der Waals surface area contributed by atoms with Crippen molar-refractivity contribution in [2.45, 2.75) is 39.3 Å². The molecule has 0 aromatic heterocycles. The van der Waals surface area contributed by atoms with E-state index in [1.165, 1.54) is 12.8 Å². The Kier molecular flexibility index (Phi) is 4.58. The highest BCUT2D eigenvalue weighted by atomic mass is 35.5. The van der Waals surface area contributed by atoms with Crippen molar-refractivity contribution in [3.8, 4) is 11.5 Å². The normalized spacial score (nSPS) is 24.4. The SMILES string of the molecule is COc1cc(Cl)cc(CN2CCC(C)CC2C)c1O. The Morgan fingerprint density at radius 1 is 1.42 bits per heavy atom. The zero-order valence-corrected chi connectivity index (χ0v) is 12.6. The van der Waals surface area contributed by atoms with Gasteiger partial charge in [-0.25, -0.2) is 0 Å². The summed E-state index contributed by atoms with van der Waals surface area (Å²) in [5.41, 5.74) is 0.839. The summed E-state index contributed by atoms with van der Waals surface area (Å²) in [6, 6.07) is 4.00. The molecule has 1 aromatic rings. The van der Waals surface area contributed by atoms with Crippen molar-refractivity contribution in [1.29, 1.82) is 0 Å². The van der Waals surface area contributed by atoms with Crippen molar-refractivity contribution in [3.63, 3.8) is 0 Å². The molecule has 1 N–H and O–H groups in total. The third-order valence-corrected chi connectivity index (χ3v) is 4.21. The molecule has 0 saturated carbocycles. The second kappa shape index (κ2) is 6.02. The molecule has 19 heavy (non-hydrogen) atoms. The van der Waals surface area contributed by atoms with Gasteiger partial charge in [-0.3, -0.25) is 4.90 Å². The Labute approximate surface area is 120 Å². The van der Waals surface area contributed by atoms with Gasteiger partial charge in [0.15, 0.2) is 11.5 Å². The van der Waals surface area contributed by atoms with Crippen LogP contribution in [0.4, 0.5) is 0 Å². The van der Waals surface area contributed by atoms with Crippen molar-refractivity contribution in [1.82, 2.24) is 4.90 Å². The van der Waals surface area contributed by atoms with E-state index in [2.05, 4.69) is 18.7 Å². The molecule has 0 aliphatic carbocycles. The van der Waals surface area contributed by atoms with Gasteiger partial charge in [-0.1, -0.05) is 18.5 Å². The van der Waals surface area contributed by atoms with Gasteiger partial charge in [0, 0.05) is 29.2 Å². The summed E-state index contributed by atoms with van der Waals surface area (Å²) in [5.74, 6) is 1.44. The minimum atomic E-state index is 0.206. The molecule has 2 rings (SSSR count). The predicted octanol–water partition coefficient (Wildman–Crippen LogP) is 3.67. The molecule has 0 bridgehead atoms. The lowest BCUT2D eigenvalue weighted by Crippen LogP contribution is -2.39. The van der Waals surface area contributed by atoms with Gasteiger partial charge in [-0.05, 0) is 38.3 Å². The second-order valence-electron chi connectivity index (χ2n) is 5.56. The number of phenols is 1. The van der Waals surface area contributed by atoms with Crippen molar-refractivity contribution in [2.24, 2.45) is 5.92 Å². The first-order chi connectivity index (χ1) is 9.01. The van der Waals surface area contributed by atoms with Gasteiger partial charge >= 0.3 is 0 Å². The van der Waals surface area contributed by atoms with Gasteiger partial charge in [0.05, 0.1) is 7.11 Å². The number of ether oxygens (including phenoxy) is 1. The van der Waals surface area contributed by atoms with Crippen LogP contribution in [0.25, 0.3) is 0 Å². The topological polar surface area (TPSA) is 32.7 Å². The number of methoxy groups -OCH3 is 1. The van der Waals surface area contributed by atoms with E-state index < -0.39 is 0 Å². The van der Waals surface area contributed by atoms with Gasteiger partial charge in [0.1, 0.15) is 0 Å². The highest BCUT2D eigenvalue weighted by molar-refractivity contribution is 6.30. The van der Waals surface area contributed by atoms with Gasteiger partial charge in [-0.2, -0.15) is 0 Å². The third kappa shape index (κ3) is 3.34. The van der Waals surface area contributed by atoms with E-state index >= 15 is 0 Å². The van der Waals surface area contributed by atoms with Crippen LogP contribution in [0.1, 0.15) is 32.3 Å². The first kappa shape index (κ1) is 14.5. The van der Waals surface area contributed by atoms with E-state index in [0.717, 1.165) is 24.6 Å². The molecule has 1 heterocycles. The lowest BCUT2D eigenvalue weighted by Gasteiger charge is -2.36. The average molecular weight is 284 g/mol. The summed E-state index contributed by atoms with van der Waals surface area (Å²) in [5, 5.41) is 10.8. The van der Waals surface area contributed by atoms with Gasteiger partial charge in [0.25, 0.3) is 0 Å². The van der Waals surface area contributed by atoms with E-state index in [1.807, 2.05) is 6.07 Å². The summed E-state index contributed by atoms with van der Waals surface area (Å²) in [6.07, 6.45) is 2.42. The van der Waals surface area contributed by atoms with Gasteiger partial charge in [0.2, 0.25) is 0 Å². The Balaban J connectivity index is 2.17. The first-order valence-electron chi connectivity index (χ1n) is 6.80. The van der Waals surface area contributed by atoms with Crippen LogP contribution < -0.4 is 4.74 Å². The lowest BCUT2D eigenvalue weighted by atomic mass is 9.93. The number of hydrogen-bond donors (Lipinski definition) is 1. The van der Waals surface area contributed by atoms with Crippen molar-refractivity contribution in [3.05, 3.63) is 22.7 Å².